The minimum Gasteiger partial charge on any atom is -0.296 e. The molecular formula is C25H29FN2O. The van der Waals surface area contributed by atoms with E-state index in [4.69, 9.17) is 0 Å². The van der Waals surface area contributed by atoms with Crippen molar-refractivity contribution in [3.8, 4) is 0 Å². The summed E-state index contributed by atoms with van der Waals surface area (Å²) in [7, 11) is 0. The number of aromatic nitrogens is 2. The molecule has 2 aromatic heterocycles. The van der Waals surface area contributed by atoms with Gasteiger partial charge in [0.1, 0.15) is 5.82 Å². The summed E-state index contributed by atoms with van der Waals surface area (Å²) < 4.78 is 15.2. The third kappa shape index (κ3) is 3.98. The Morgan fingerprint density at radius 1 is 0.931 bits per heavy atom. The Morgan fingerprint density at radius 2 is 1.59 bits per heavy atom. The first-order chi connectivity index (χ1) is 14.2. The zero-order valence-electron chi connectivity index (χ0n) is 17.3. The number of pyridine rings is 1. The smallest absolute Gasteiger partial charge is 0.182 e. The van der Waals surface area contributed by atoms with Crippen molar-refractivity contribution in [1.82, 2.24) is 9.38 Å². The van der Waals surface area contributed by atoms with E-state index in [0.717, 1.165) is 36.9 Å². The number of hydrogen-bond acceptors (Lipinski definition) is 2. The lowest BCUT2D eigenvalue weighted by Crippen LogP contribution is -2.24. The van der Waals surface area contributed by atoms with Crippen LogP contribution in [0.15, 0.2) is 48.9 Å². The van der Waals surface area contributed by atoms with Crippen molar-refractivity contribution in [3.63, 3.8) is 0 Å². The van der Waals surface area contributed by atoms with Gasteiger partial charge in [-0.25, -0.2) is 9.37 Å². The Labute approximate surface area is 172 Å². The van der Waals surface area contributed by atoms with E-state index >= 15 is 0 Å². The van der Waals surface area contributed by atoms with E-state index in [1.807, 2.05) is 36.6 Å². The molecule has 0 radical (unpaired) electrons. The summed E-state index contributed by atoms with van der Waals surface area (Å²) in [4.78, 5) is 17.7. The third-order valence-electron chi connectivity index (χ3n) is 6.31. The number of fused-ring (bicyclic) bond motifs is 1. The molecule has 2 heterocycles. The summed E-state index contributed by atoms with van der Waals surface area (Å²) in [6.45, 7) is 4.00. The number of nitrogens with zero attached hydrogens (tertiary/aromatic N) is 2. The molecule has 29 heavy (non-hydrogen) atoms. The van der Waals surface area contributed by atoms with Gasteiger partial charge in [0.2, 0.25) is 0 Å². The lowest BCUT2D eigenvalue weighted by atomic mass is 9.76. The molecule has 0 atom stereocenters. The van der Waals surface area contributed by atoms with E-state index in [-0.39, 0.29) is 17.5 Å². The topological polar surface area (TPSA) is 34.4 Å². The molecule has 2 aliphatic carbocycles. The fourth-order valence-corrected chi connectivity index (χ4v) is 4.61. The van der Waals surface area contributed by atoms with Crippen molar-refractivity contribution in [2.75, 3.05) is 0 Å². The van der Waals surface area contributed by atoms with E-state index in [0.29, 0.717) is 11.8 Å². The lowest BCUT2D eigenvalue weighted by molar-refractivity contribution is 0.0876. The normalized spacial score (nSPS) is 21.5. The van der Waals surface area contributed by atoms with Crippen molar-refractivity contribution in [3.05, 3.63) is 71.6 Å². The van der Waals surface area contributed by atoms with Crippen LogP contribution in [0.4, 0.5) is 4.39 Å². The quantitative estimate of drug-likeness (QED) is 0.473. The molecule has 0 saturated heterocycles. The first-order valence-electron chi connectivity index (χ1n) is 11.0. The average molecular weight is 393 g/mol. The summed E-state index contributed by atoms with van der Waals surface area (Å²) in [5, 5.41) is 0. The molecule has 5 rings (SSSR count). The molecular weight excluding hydrogens is 363 g/mol. The Bertz CT molecular complexity index is 980. The van der Waals surface area contributed by atoms with Crippen LogP contribution in [0, 0.1) is 11.7 Å². The van der Waals surface area contributed by atoms with E-state index in [2.05, 4.69) is 17.1 Å². The maximum atomic E-state index is 13.5. The van der Waals surface area contributed by atoms with Crippen molar-refractivity contribution in [2.45, 2.75) is 64.2 Å². The first kappa shape index (κ1) is 19.8. The Morgan fingerprint density at radius 3 is 2.24 bits per heavy atom. The van der Waals surface area contributed by atoms with Crippen LogP contribution in [0.3, 0.4) is 0 Å². The van der Waals surface area contributed by atoms with Crippen LogP contribution in [-0.4, -0.2) is 15.2 Å². The summed E-state index contributed by atoms with van der Waals surface area (Å²) in [6.07, 6.45) is 9.72. The highest BCUT2D eigenvalue weighted by Crippen LogP contribution is 2.44. The fourth-order valence-electron chi connectivity index (χ4n) is 4.61. The minimum absolute atomic E-state index is 0.0761. The molecule has 0 aliphatic heterocycles. The van der Waals surface area contributed by atoms with Gasteiger partial charge in [-0.1, -0.05) is 32.0 Å². The van der Waals surface area contributed by atoms with E-state index in [1.165, 1.54) is 36.1 Å². The highest BCUT2D eigenvalue weighted by molar-refractivity contribution is 5.98. The maximum Gasteiger partial charge on any atom is 0.182 e. The fraction of sp³-hybridized carbons (Fsp3) is 0.440. The van der Waals surface area contributed by atoms with Gasteiger partial charge in [-0.3, -0.25) is 9.20 Å². The Kier molecular flexibility index (Phi) is 5.79. The zero-order valence-corrected chi connectivity index (χ0v) is 17.3. The van der Waals surface area contributed by atoms with Gasteiger partial charge in [-0.05, 0) is 79.7 Å². The standard InChI is InChI=1S/C23H23FN2O.C2H6/c24-19-9-7-16(8-10-19)15-1-5-18(6-2-15)23(27)22-21(17-3-4-17)12-11-20-13-25-14-26(20)22;1-2/h7-15,17-18H,1-6H2;1-2H3. The van der Waals surface area contributed by atoms with E-state index in [9.17, 15) is 9.18 Å². The van der Waals surface area contributed by atoms with Crippen LogP contribution >= 0.6 is 0 Å². The molecule has 2 saturated carbocycles. The third-order valence-corrected chi connectivity index (χ3v) is 6.31. The van der Waals surface area contributed by atoms with Crippen LogP contribution in [0.1, 0.15) is 85.8 Å². The summed E-state index contributed by atoms with van der Waals surface area (Å²) in [5.41, 5.74) is 4.24. The van der Waals surface area contributed by atoms with Crippen LogP contribution in [0.25, 0.3) is 5.52 Å². The van der Waals surface area contributed by atoms with Crippen molar-refractivity contribution < 1.29 is 9.18 Å². The second-order valence-corrected chi connectivity index (χ2v) is 8.06. The van der Waals surface area contributed by atoms with Gasteiger partial charge >= 0.3 is 0 Å². The molecule has 2 fully saturated rings. The predicted molar refractivity (Wildman–Crippen MR) is 114 cm³/mol. The van der Waals surface area contributed by atoms with Gasteiger partial charge < -0.3 is 0 Å². The second-order valence-electron chi connectivity index (χ2n) is 8.06. The number of benzene rings is 1. The number of ketones is 1. The van der Waals surface area contributed by atoms with Gasteiger partial charge in [0.15, 0.2) is 5.78 Å². The predicted octanol–water partition coefficient (Wildman–Crippen LogP) is 6.53. The maximum absolute atomic E-state index is 13.5. The molecule has 0 N–H and O–H groups in total. The van der Waals surface area contributed by atoms with Crippen LogP contribution < -0.4 is 0 Å². The monoisotopic (exact) mass is 392 g/mol. The number of carbonyl (C=O) groups excluding carboxylic acids is 1. The SMILES string of the molecule is CC.O=C(c1c(C2CC2)ccc2cncn12)C1CCC(c2ccc(F)cc2)CC1. The number of Topliss-reactive ketones (excluding diaryl/α,β-unsaturated/α-hetero) is 1. The molecule has 3 aromatic rings. The van der Waals surface area contributed by atoms with Crippen LogP contribution in [0.2, 0.25) is 0 Å². The van der Waals surface area contributed by atoms with Crippen molar-refractivity contribution >= 4 is 11.3 Å². The molecule has 1 aromatic carbocycles. The average Bonchev–Trinajstić information content (AvgIpc) is 3.51. The van der Waals surface area contributed by atoms with Gasteiger partial charge in [0.05, 0.1) is 23.7 Å². The number of rotatable bonds is 4. The van der Waals surface area contributed by atoms with Crippen LogP contribution in [0.5, 0.6) is 0 Å². The zero-order chi connectivity index (χ0) is 20.4. The molecule has 2 aliphatic rings. The molecule has 4 heteroatoms. The molecule has 0 unspecified atom stereocenters. The van der Waals surface area contributed by atoms with Crippen LogP contribution in [-0.2, 0) is 0 Å². The van der Waals surface area contributed by atoms with E-state index in [1.54, 1.807) is 6.33 Å². The number of hydrogen-bond donors (Lipinski definition) is 0. The Hall–Kier alpha value is -2.49. The van der Waals surface area contributed by atoms with Crippen molar-refractivity contribution in [2.24, 2.45) is 5.92 Å². The van der Waals surface area contributed by atoms with E-state index < -0.39 is 0 Å². The summed E-state index contributed by atoms with van der Waals surface area (Å²) >= 11 is 0. The molecule has 0 bridgehead atoms. The van der Waals surface area contributed by atoms with Gasteiger partial charge in [0.25, 0.3) is 0 Å². The Balaban J connectivity index is 0.000000994. The summed E-state index contributed by atoms with van der Waals surface area (Å²) in [6, 6.07) is 11.1. The number of halogens is 1. The number of imidazole rings is 1. The lowest BCUT2D eigenvalue weighted by Gasteiger charge is -2.28. The number of carbonyl (C=O) groups is 1. The van der Waals surface area contributed by atoms with Crippen molar-refractivity contribution in [1.29, 1.82) is 0 Å². The van der Waals surface area contributed by atoms with Gasteiger partial charge in [0, 0.05) is 5.92 Å². The highest BCUT2D eigenvalue weighted by Gasteiger charge is 2.34. The largest absolute Gasteiger partial charge is 0.296 e. The molecule has 3 nitrogen and oxygen atoms in total. The first-order valence-corrected chi connectivity index (χ1v) is 11.0. The molecule has 0 amide bonds. The second kappa shape index (κ2) is 8.48. The van der Waals surface area contributed by atoms with Gasteiger partial charge in [-0.2, -0.15) is 0 Å². The minimum atomic E-state index is -0.191. The highest BCUT2D eigenvalue weighted by atomic mass is 19.1. The van der Waals surface area contributed by atoms with Gasteiger partial charge in [-0.15, -0.1) is 0 Å². The molecule has 0 spiro atoms. The summed E-state index contributed by atoms with van der Waals surface area (Å²) in [5.74, 6) is 1.13. The molecule has 152 valence electrons.